The molecule has 6 nitrogen and oxygen atoms in total. The molecule has 0 saturated heterocycles. The van der Waals surface area contributed by atoms with Crippen LogP contribution in [0.15, 0.2) is 18.7 Å². The fraction of sp³-hybridized carbons (Fsp3) is 0.615. The van der Waals surface area contributed by atoms with Crippen molar-refractivity contribution in [2.75, 3.05) is 0 Å². The second-order valence-corrected chi connectivity index (χ2v) is 5.06. The van der Waals surface area contributed by atoms with Gasteiger partial charge in [-0.25, -0.2) is 14.6 Å². The van der Waals surface area contributed by atoms with E-state index in [0.29, 0.717) is 12.6 Å². The van der Waals surface area contributed by atoms with Gasteiger partial charge in [0.15, 0.2) is 0 Å². The molecule has 2 aromatic rings. The lowest BCUT2D eigenvalue weighted by molar-refractivity contribution is 0.490. The predicted octanol–water partition coefficient (Wildman–Crippen LogP) is 1.38. The molecule has 0 aliphatic heterocycles. The van der Waals surface area contributed by atoms with Gasteiger partial charge in [0.05, 0.1) is 6.54 Å². The Kier molecular flexibility index (Phi) is 4.31. The Labute approximate surface area is 113 Å². The molecule has 0 spiro atoms. The van der Waals surface area contributed by atoms with Crippen LogP contribution in [-0.2, 0) is 13.0 Å². The second kappa shape index (κ2) is 5.97. The third-order valence-corrected chi connectivity index (χ3v) is 3.22. The number of imidazole rings is 1. The van der Waals surface area contributed by atoms with Gasteiger partial charge < -0.3 is 10.3 Å². The van der Waals surface area contributed by atoms with Gasteiger partial charge in [-0.1, -0.05) is 6.92 Å². The smallest absolute Gasteiger partial charge is 0.147 e. The minimum atomic E-state index is 0.157. The lowest BCUT2D eigenvalue weighted by Crippen LogP contribution is -2.24. The van der Waals surface area contributed by atoms with Gasteiger partial charge in [-0.15, -0.1) is 0 Å². The Hall–Kier alpha value is -1.69. The molecule has 1 atom stereocenters. The SMILES string of the molecule is CCC(N)Cc1nccn1Cc1ncnn1C(C)C. The zero-order valence-corrected chi connectivity index (χ0v) is 11.8. The maximum absolute atomic E-state index is 6.00. The standard InChI is InChI=1S/C13H22N6/c1-4-11(14)7-12-15-5-6-18(12)8-13-16-9-17-19(13)10(2)3/h5-6,9-11H,4,7-8,14H2,1-3H3. The Morgan fingerprint density at radius 3 is 2.74 bits per heavy atom. The molecule has 19 heavy (non-hydrogen) atoms. The second-order valence-electron chi connectivity index (χ2n) is 5.06. The zero-order valence-electron chi connectivity index (χ0n) is 11.8. The minimum absolute atomic E-state index is 0.157. The first-order chi connectivity index (χ1) is 9.11. The highest BCUT2D eigenvalue weighted by molar-refractivity contribution is 4.99. The van der Waals surface area contributed by atoms with Crippen molar-refractivity contribution in [1.29, 1.82) is 0 Å². The van der Waals surface area contributed by atoms with Crippen LogP contribution in [0.1, 0.15) is 44.9 Å². The average Bonchev–Trinajstić information content (AvgIpc) is 2.99. The molecule has 2 heterocycles. The molecule has 2 aromatic heterocycles. The van der Waals surface area contributed by atoms with Crippen molar-refractivity contribution in [1.82, 2.24) is 24.3 Å². The van der Waals surface area contributed by atoms with Gasteiger partial charge in [-0.2, -0.15) is 5.10 Å². The molecule has 0 aromatic carbocycles. The third-order valence-electron chi connectivity index (χ3n) is 3.22. The largest absolute Gasteiger partial charge is 0.327 e. The van der Waals surface area contributed by atoms with Gasteiger partial charge in [0.2, 0.25) is 0 Å². The molecule has 1 unspecified atom stereocenters. The van der Waals surface area contributed by atoms with Crippen molar-refractivity contribution < 1.29 is 0 Å². The molecule has 0 amide bonds. The summed E-state index contributed by atoms with van der Waals surface area (Å²) in [4.78, 5) is 8.71. The summed E-state index contributed by atoms with van der Waals surface area (Å²) in [6, 6.07) is 0.464. The highest BCUT2D eigenvalue weighted by Crippen LogP contribution is 2.09. The molecule has 104 valence electrons. The van der Waals surface area contributed by atoms with E-state index in [1.54, 1.807) is 6.33 Å². The molecule has 0 radical (unpaired) electrons. The van der Waals surface area contributed by atoms with Crippen molar-refractivity contribution in [3.05, 3.63) is 30.4 Å². The molecule has 0 bridgehead atoms. The van der Waals surface area contributed by atoms with Gasteiger partial charge in [0, 0.05) is 30.9 Å². The van der Waals surface area contributed by atoms with Crippen LogP contribution in [0.25, 0.3) is 0 Å². The van der Waals surface area contributed by atoms with E-state index in [1.165, 1.54) is 0 Å². The molecule has 0 aliphatic rings. The molecule has 0 fully saturated rings. The number of rotatable bonds is 6. The lowest BCUT2D eigenvalue weighted by atomic mass is 10.1. The van der Waals surface area contributed by atoms with Crippen LogP contribution < -0.4 is 5.73 Å². The van der Waals surface area contributed by atoms with E-state index in [0.717, 1.165) is 24.5 Å². The van der Waals surface area contributed by atoms with Crippen molar-refractivity contribution in [2.45, 2.75) is 52.2 Å². The highest BCUT2D eigenvalue weighted by Gasteiger charge is 2.12. The third kappa shape index (κ3) is 3.20. The molecule has 6 heteroatoms. The molecular weight excluding hydrogens is 240 g/mol. The van der Waals surface area contributed by atoms with E-state index >= 15 is 0 Å². The van der Waals surface area contributed by atoms with Gasteiger partial charge >= 0.3 is 0 Å². The number of nitrogens with zero attached hydrogens (tertiary/aromatic N) is 5. The van der Waals surface area contributed by atoms with Crippen molar-refractivity contribution in [3.63, 3.8) is 0 Å². The van der Waals surface area contributed by atoms with Crippen molar-refractivity contribution in [3.8, 4) is 0 Å². The van der Waals surface area contributed by atoms with Gasteiger partial charge in [0.1, 0.15) is 18.0 Å². The summed E-state index contributed by atoms with van der Waals surface area (Å²) >= 11 is 0. The van der Waals surface area contributed by atoms with Crippen LogP contribution in [-0.4, -0.2) is 30.4 Å². The maximum atomic E-state index is 6.00. The van der Waals surface area contributed by atoms with Gasteiger partial charge in [-0.3, -0.25) is 0 Å². The van der Waals surface area contributed by atoms with Crippen molar-refractivity contribution >= 4 is 0 Å². The van der Waals surface area contributed by atoms with Crippen molar-refractivity contribution in [2.24, 2.45) is 5.73 Å². The lowest BCUT2D eigenvalue weighted by Gasteiger charge is -2.13. The van der Waals surface area contributed by atoms with Crippen LogP contribution in [0.5, 0.6) is 0 Å². The summed E-state index contributed by atoms with van der Waals surface area (Å²) in [5.41, 5.74) is 6.00. The number of nitrogens with two attached hydrogens (primary N) is 1. The number of hydrogen-bond acceptors (Lipinski definition) is 4. The summed E-state index contributed by atoms with van der Waals surface area (Å²) in [6.07, 6.45) is 7.13. The fourth-order valence-electron chi connectivity index (χ4n) is 2.02. The first-order valence-electron chi connectivity index (χ1n) is 6.75. The Bertz CT molecular complexity index is 513. The van der Waals surface area contributed by atoms with Crippen LogP contribution in [0.3, 0.4) is 0 Å². The highest BCUT2D eigenvalue weighted by atomic mass is 15.4. The first-order valence-corrected chi connectivity index (χ1v) is 6.75. The average molecular weight is 262 g/mol. The quantitative estimate of drug-likeness (QED) is 0.853. The molecule has 2 rings (SSSR count). The number of hydrogen-bond donors (Lipinski definition) is 1. The number of aromatic nitrogens is 5. The predicted molar refractivity (Wildman–Crippen MR) is 73.7 cm³/mol. The topological polar surface area (TPSA) is 74.6 Å². The molecule has 2 N–H and O–H groups in total. The monoisotopic (exact) mass is 262 g/mol. The summed E-state index contributed by atoms with van der Waals surface area (Å²) in [5, 5.41) is 4.25. The normalized spacial score (nSPS) is 13.1. The van der Waals surface area contributed by atoms with Crippen LogP contribution in [0.4, 0.5) is 0 Å². The Morgan fingerprint density at radius 2 is 2.05 bits per heavy atom. The van der Waals surface area contributed by atoms with Gasteiger partial charge in [0.25, 0.3) is 0 Å². The molecule has 0 saturated carbocycles. The fourth-order valence-corrected chi connectivity index (χ4v) is 2.02. The molecular formula is C13H22N6. The maximum Gasteiger partial charge on any atom is 0.147 e. The first kappa shape index (κ1) is 13.7. The van der Waals surface area contributed by atoms with Gasteiger partial charge in [-0.05, 0) is 20.3 Å². The Morgan fingerprint density at radius 1 is 1.26 bits per heavy atom. The Balaban J connectivity index is 2.15. The summed E-state index contributed by atoms with van der Waals surface area (Å²) < 4.78 is 4.03. The van der Waals surface area contributed by atoms with E-state index in [2.05, 4.69) is 40.4 Å². The van der Waals surface area contributed by atoms with E-state index < -0.39 is 0 Å². The van der Waals surface area contributed by atoms with Crippen LogP contribution in [0.2, 0.25) is 0 Å². The van der Waals surface area contributed by atoms with Crippen LogP contribution >= 0.6 is 0 Å². The zero-order chi connectivity index (χ0) is 13.8. The van der Waals surface area contributed by atoms with Crippen LogP contribution in [0, 0.1) is 0 Å². The summed E-state index contributed by atoms with van der Waals surface area (Å²) in [5.74, 6) is 1.95. The van der Waals surface area contributed by atoms with E-state index in [9.17, 15) is 0 Å². The minimum Gasteiger partial charge on any atom is -0.327 e. The summed E-state index contributed by atoms with van der Waals surface area (Å²) in [6.45, 7) is 6.97. The van der Waals surface area contributed by atoms with E-state index in [1.807, 2.05) is 17.1 Å². The van der Waals surface area contributed by atoms with E-state index in [-0.39, 0.29) is 6.04 Å². The van der Waals surface area contributed by atoms with E-state index in [4.69, 9.17) is 5.73 Å². The molecule has 0 aliphatic carbocycles. The summed E-state index contributed by atoms with van der Waals surface area (Å²) in [7, 11) is 0.